The minimum Gasteiger partial charge on any atom is -0.407 e. The van der Waals surface area contributed by atoms with Gasteiger partial charge in [-0.05, 0) is 19.1 Å². The average molecular weight is 228 g/mol. The van der Waals surface area contributed by atoms with Crippen molar-refractivity contribution in [3.8, 4) is 0 Å². The van der Waals surface area contributed by atoms with Crippen molar-refractivity contribution in [3.63, 3.8) is 0 Å². The molecule has 1 heterocycles. The molecule has 5 nitrogen and oxygen atoms in total. The van der Waals surface area contributed by atoms with E-state index in [0.29, 0.717) is 24.5 Å². The summed E-state index contributed by atoms with van der Waals surface area (Å²) in [5.74, 6) is 1.70. The molecule has 15 heavy (non-hydrogen) atoms. The molecule has 6 heteroatoms. The lowest BCUT2D eigenvalue weighted by atomic mass is 10.6. The van der Waals surface area contributed by atoms with Gasteiger partial charge in [0.05, 0.1) is 6.54 Å². The van der Waals surface area contributed by atoms with Crippen LogP contribution >= 0.6 is 11.8 Å². The van der Waals surface area contributed by atoms with Gasteiger partial charge in [-0.15, -0.1) is 5.10 Å². The highest BCUT2D eigenvalue weighted by molar-refractivity contribution is 7.98. The van der Waals surface area contributed by atoms with Crippen LogP contribution < -0.4 is 10.6 Å². The Bertz CT molecular complexity index is 300. The molecule has 2 N–H and O–H groups in total. The maximum atomic E-state index is 5.40. The lowest BCUT2D eigenvalue weighted by molar-refractivity contribution is 0.476. The SMILES string of the molecule is CSCCNc1nnc(CNC2CC2)o1. The van der Waals surface area contributed by atoms with Gasteiger partial charge in [-0.1, -0.05) is 5.10 Å². The van der Waals surface area contributed by atoms with E-state index in [1.165, 1.54) is 12.8 Å². The predicted molar refractivity (Wildman–Crippen MR) is 61.0 cm³/mol. The number of hydrogen-bond acceptors (Lipinski definition) is 6. The molecule has 1 aromatic heterocycles. The van der Waals surface area contributed by atoms with Gasteiger partial charge >= 0.3 is 6.01 Å². The van der Waals surface area contributed by atoms with Gasteiger partial charge in [0.1, 0.15) is 0 Å². The summed E-state index contributed by atoms with van der Waals surface area (Å²) in [6, 6.07) is 1.20. The summed E-state index contributed by atoms with van der Waals surface area (Å²) >= 11 is 1.79. The van der Waals surface area contributed by atoms with E-state index < -0.39 is 0 Å². The van der Waals surface area contributed by atoms with Crippen LogP contribution in [0.15, 0.2) is 4.42 Å². The minimum absolute atomic E-state index is 0.525. The Morgan fingerprint density at radius 3 is 3.07 bits per heavy atom. The number of nitrogens with one attached hydrogen (secondary N) is 2. The van der Waals surface area contributed by atoms with Crippen molar-refractivity contribution in [2.75, 3.05) is 23.9 Å². The highest BCUT2D eigenvalue weighted by Crippen LogP contribution is 2.19. The highest BCUT2D eigenvalue weighted by atomic mass is 32.2. The second kappa shape index (κ2) is 5.37. The lowest BCUT2D eigenvalue weighted by Gasteiger charge is -1.98. The van der Waals surface area contributed by atoms with Gasteiger partial charge in [0.25, 0.3) is 0 Å². The molecule has 2 rings (SSSR count). The number of hydrogen-bond donors (Lipinski definition) is 2. The first-order valence-corrected chi connectivity index (χ1v) is 6.56. The fourth-order valence-corrected chi connectivity index (χ4v) is 1.48. The van der Waals surface area contributed by atoms with Gasteiger partial charge in [-0.2, -0.15) is 11.8 Å². The van der Waals surface area contributed by atoms with E-state index in [0.717, 1.165) is 12.3 Å². The molecule has 0 atom stereocenters. The Hall–Kier alpha value is -0.750. The first-order chi connectivity index (χ1) is 7.38. The summed E-state index contributed by atoms with van der Waals surface area (Å²) in [6.07, 6.45) is 4.61. The Morgan fingerprint density at radius 2 is 2.33 bits per heavy atom. The molecule has 1 aliphatic rings. The Labute approximate surface area is 93.4 Å². The summed E-state index contributed by atoms with van der Waals surface area (Å²) in [7, 11) is 0. The van der Waals surface area contributed by atoms with Crippen molar-refractivity contribution in [1.29, 1.82) is 0 Å². The third-order valence-electron chi connectivity index (χ3n) is 2.17. The first-order valence-electron chi connectivity index (χ1n) is 5.17. The van der Waals surface area contributed by atoms with Crippen LogP contribution in [0.5, 0.6) is 0 Å². The fraction of sp³-hybridized carbons (Fsp3) is 0.778. The van der Waals surface area contributed by atoms with E-state index in [1.807, 2.05) is 0 Å². The van der Waals surface area contributed by atoms with Gasteiger partial charge < -0.3 is 15.1 Å². The van der Waals surface area contributed by atoms with Crippen LogP contribution in [0.2, 0.25) is 0 Å². The van der Waals surface area contributed by atoms with E-state index in [2.05, 4.69) is 27.1 Å². The number of rotatable bonds is 7. The number of anilines is 1. The molecular formula is C9H16N4OS. The third-order valence-corrected chi connectivity index (χ3v) is 2.78. The van der Waals surface area contributed by atoms with E-state index in [4.69, 9.17) is 4.42 Å². The molecule has 0 aliphatic heterocycles. The van der Waals surface area contributed by atoms with Gasteiger partial charge in [0.2, 0.25) is 5.89 Å². The molecule has 0 spiro atoms. The van der Waals surface area contributed by atoms with Gasteiger partial charge in [-0.25, -0.2) is 0 Å². The number of aromatic nitrogens is 2. The van der Waals surface area contributed by atoms with E-state index in [1.54, 1.807) is 11.8 Å². The highest BCUT2D eigenvalue weighted by Gasteiger charge is 2.21. The maximum Gasteiger partial charge on any atom is 0.315 e. The Balaban J connectivity index is 1.70. The quantitative estimate of drug-likeness (QED) is 0.681. The number of nitrogens with zero attached hydrogens (tertiary/aromatic N) is 2. The molecular weight excluding hydrogens is 212 g/mol. The summed E-state index contributed by atoms with van der Waals surface area (Å²) < 4.78 is 5.40. The zero-order valence-corrected chi connectivity index (χ0v) is 9.64. The molecule has 0 aromatic carbocycles. The molecule has 0 saturated heterocycles. The summed E-state index contributed by atoms with van der Waals surface area (Å²) in [4.78, 5) is 0. The zero-order valence-electron chi connectivity index (χ0n) is 8.82. The molecule has 0 radical (unpaired) electrons. The molecule has 0 unspecified atom stereocenters. The zero-order chi connectivity index (χ0) is 10.5. The van der Waals surface area contributed by atoms with E-state index >= 15 is 0 Å². The number of thioether (sulfide) groups is 1. The van der Waals surface area contributed by atoms with Crippen LogP contribution in [0.3, 0.4) is 0 Å². The van der Waals surface area contributed by atoms with Crippen LogP contribution in [-0.2, 0) is 6.54 Å². The lowest BCUT2D eigenvalue weighted by Crippen LogP contribution is -2.15. The largest absolute Gasteiger partial charge is 0.407 e. The van der Waals surface area contributed by atoms with Gasteiger partial charge in [-0.3, -0.25) is 0 Å². The van der Waals surface area contributed by atoms with Crippen molar-refractivity contribution in [2.24, 2.45) is 0 Å². The molecule has 1 aromatic rings. The molecule has 0 amide bonds. The van der Waals surface area contributed by atoms with Crippen molar-refractivity contribution in [2.45, 2.75) is 25.4 Å². The summed E-state index contributed by atoms with van der Waals surface area (Å²) in [5, 5.41) is 14.3. The van der Waals surface area contributed by atoms with Crippen LogP contribution in [-0.4, -0.2) is 34.8 Å². The molecule has 1 saturated carbocycles. The molecule has 1 fully saturated rings. The molecule has 0 bridgehead atoms. The van der Waals surface area contributed by atoms with Crippen LogP contribution in [0.1, 0.15) is 18.7 Å². The normalized spacial score (nSPS) is 15.5. The maximum absolute atomic E-state index is 5.40. The second-order valence-electron chi connectivity index (χ2n) is 3.58. The topological polar surface area (TPSA) is 63.0 Å². The first kappa shape index (κ1) is 10.8. The average Bonchev–Trinajstić information content (AvgIpc) is 2.97. The smallest absolute Gasteiger partial charge is 0.315 e. The van der Waals surface area contributed by atoms with Crippen LogP contribution in [0, 0.1) is 0 Å². The fourth-order valence-electron chi connectivity index (χ4n) is 1.18. The van der Waals surface area contributed by atoms with Gasteiger partial charge in [0.15, 0.2) is 0 Å². The molecule has 84 valence electrons. The van der Waals surface area contributed by atoms with Crippen molar-refractivity contribution in [3.05, 3.63) is 5.89 Å². The van der Waals surface area contributed by atoms with E-state index in [9.17, 15) is 0 Å². The summed E-state index contributed by atoms with van der Waals surface area (Å²) in [5.41, 5.74) is 0. The second-order valence-corrected chi connectivity index (χ2v) is 4.56. The van der Waals surface area contributed by atoms with Crippen LogP contribution in [0.4, 0.5) is 6.01 Å². The predicted octanol–water partition coefficient (Wildman–Crippen LogP) is 1.10. The summed E-state index contributed by atoms with van der Waals surface area (Å²) in [6.45, 7) is 1.54. The molecule has 1 aliphatic carbocycles. The van der Waals surface area contributed by atoms with Crippen molar-refractivity contribution < 1.29 is 4.42 Å². The Morgan fingerprint density at radius 1 is 1.47 bits per heavy atom. The van der Waals surface area contributed by atoms with Crippen molar-refractivity contribution in [1.82, 2.24) is 15.5 Å². The standard InChI is InChI=1S/C9H16N4OS/c1-15-5-4-10-9-13-12-8(14-9)6-11-7-2-3-7/h7,11H,2-6H2,1H3,(H,10,13). The van der Waals surface area contributed by atoms with E-state index in [-0.39, 0.29) is 0 Å². The van der Waals surface area contributed by atoms with Crippen molar-refractivity contribution >= 4 is 17.8 Å². The van der Waals surface area contributed by atoms with Gasteiger partial charge in [0, 0.05) is 18.3 Å². The van der Waals surface area contributed by atoms with Crippen LogP contribution in [0.25, 0.3) is 0 Å². The Kier molecular flexibility index (Phi) is 3.85. The minimum atomic E-state index is 0.525. The third kappa shape index (κ3) is 3.71. The monoisotopic (exact) mass is 228 g/mol.